The van der Waals surface area contributed by atoms with Gasteiger partial charge in [0.2, 0.25) is 0 Å². The van der Waals surface area contributed by atoms with E-state index in [-0.39, 0.29) is 18.3 Å². The topological polar surface area (TPSA) is 69.3 Å². The smallest absolute Gasteiger partial charge is 0.286 e. The van der Waals surface area contributed by atoms with Crippen molar-refractivity contribution in [3.05, 3.63) is 68.9 Å². The van der Waals surface area contributed by atoms with E-state index >= 15 is 0 Å². The summed E-state index contributed by atoms with van der Waals surface area (Å²) in [5, 5.41) is 7.51. The van der Waals surface area contributed by atoms with Crippen LogP contribution in [0.2, 0.25) is 5.02 Å². The number of hydrogen-bond donors (Lipinski definition) is 1. The van der Waals surface area contributed by atoms with E-state index < -0.39 is 0 Å². The molecule has 0 spiro atoms. The fourth-order valence-electron chi connectivity index (χ4n) is 2.25. The van der Waals surface area contributed by atoms with E-state index in [0.717, 1.165) is 15.7 Å². The zero-order valence-corrected chi connectivity index (χ0v) is 16.7. The van der Waals surface area contributed by atoms with Gasteiger partial charge in [0.25, 0.3) is 5.91 Å². The summed E-state index contributed by atoms with van der Waals surface area (Å²) in [5.74, 6) is 1.38. The number of aromatic nitrogens is 2. The third-order valence-electron chi connectivity index (χ3n) is 3.53. The lowest BCUT2D eigenvalue weighted by molar-refractivity contribution is 0.0921. The van der Waals surface area contributed by atoms with Gasteiger partial charge in [0.1, 0.15) is 18.1 Å². The highest BCUT2D eigenvalue weighted by atomic mass is 127. The Balaban J connectivity index is 1.41. The third-order valence-corrected chi connectivity index (χ3v) is 4.45. The normalized spacial score (nSPS) is 10.7. The number of rotatable bonds is 8. The van der Waals surface area contributed by atoms with Crippen molar-refractivity contribution in [1.82, 2.24) is 15.1 Å². The minimum Gasteiger partial charge on any atom is -0.486 e. The van der Waals surface area contributed by atoms with Crippen LogP contribution < -0.4 is 10.1 Å². The maximum atomic E-state index is 12.1. The van der Waals surface area contributed by atoms with E-state index in [1.165, 1.54) is 0 Å². The highest BCUT2D eigenvalue weighted by Crippen LogP contribution is 2.16. The second kappa shape index (κ2) is 9.09. The number of carbonyl (C=O) groups is 1. The molecule has 136 valence electrons. The Hall–Kier alpha value is -2.00. The fraction of sp³-hybridized carbons (Fsp3) is 0.222. The van der Waals surface area contributed by atoms with Crippen LogP contribution in [0, 0.1) is 3.57 Å². The number of aryl methyl sites for hydroxylation is 1. The zero-order chi connectivity index (χ0) is 18.4. The van der Waals surface area contributed by atoms with E-state index in [2.05, 4.69) is 33.0 Å². The van der Waals surface area contributed by atoms with E-state index in [0.29, 0.717) is 23.9 Å². The predicted octanol–water partition coefficient (Wildman–Crippen LogP) is 4.13. The molecule has 0 saturated carbocycles. The van der Waals surface area contributed by atoms with Gasteiger partial charge in [-0.1, -0.05) is 11.6 Å². The molecule has 0 atom stereocenters. The molecule has 26 heavy (non-hydrogen) atoms. The Morgan fingerprint density at radius 3 is 2.81 bits per heavy atom. The molecule has 0 unspecified atom stereocenters. The van der Waals surface area contributed by atoms with E-state index in [1.807, 2.05) is 24.3 Å². The number of nitrogens with zero attached hydrogens (tertiary/aromatic N) is 2. The second-order valence-electron chi connectivity index (χ2n) is 5.54. The molecule has 6 nitrogen and oxygen atoms in total. The van der Waals surface area contributed by atoms with Crippen molar-refractivity contribution in [1.29, 1.82) is 0 Å². The number of halogens is 2. The van der Waals surface area contributed by atoms with Crippen molar-refractivity contribution in [3.8, 4) is 5.75 Å². The summed E-state index contributed by atoms with van der Waals surface area (Å²) < 4.78 is 14.1. The lowest BCUT2D eigenvalue weighted by Crippen LogP contribution is -2.24. The summed E-state index contributed by atoms with van der Waals surface area (Å²) in [7, 11) is 0. The molecule has 0 bridgehead atoms. The van der Waals surface area contributed by atoms with E-state index in [9.17, 15) is 4.79 Å². The number of nitrogens with one attached hydrogen (secondary N) is 1. The van der Waals surface area contributed by atoms with Crippen molar-refractivity contribution in [2.24, 2.45) is 0 Å². The van der Waals surface area contributed by atoms with Crippen LogP contribution >= 0.6 is 34.2 Å². The lowest BCUT2D eigenvalue weighted by atomic mass is 10.3. The molecule has 1 aromatic carbocycles. The lowest BCUT2D eigenvalue weighted by Gasteiger charge is -2.05. The predicted molar refractivity (Wildman–Crippen MR) is 106 cm³/mol. The van der Waals surface area contributed by atoms with Gasteiger partial charge in [0.05, 0.1) is 11.2 Å². The van der Waals surface area contributed by atoms with Gasteiger partial charge in [-0.25, -0.2) is 0 Å². The minimum atomic E-state index is -0.246. The average molecular weight is 486 g/mol. The quantitative estimate of drug-likeness (QED) is 0.385. The third kappa shape index (κ3) is 5.50. The fourth-order valence-corrected chi connectivity index (χ4v) is 2.77. The van der Waals surface area contributed by atoms with Crippen molar-refractivity contribution in [2.75, 3.05) is 6.54 Å². The molecule has 0 radical (unpaired) electrons. The van der Waals surface area contributed by atoms with Crippen LogP contribution in [0.4, 0.5) is 0 Å². The Labute approximate surface area is 169 Å². The number of amides is 1. The van der Waals surface area contributed by atoms with Crippen molar-refractivity contribution in [2.45, 2.75) is 19.6 Å². The Kier molecular flexibility index (Phi) is 6.56. The molecule has 0 aliphatic rings. The standard InChI is InChI=1S/C18H17ClIN3O3/c19-13-10-22-23(11-13)9-1-8-21-18(24)17-7-6-16(26-17)12-25-15-4-2-14(20)3-5-15/h2-7,10-11H,1,8-9,12H2,(H,21,24). The maximum absolute atomic E-state index is 12.1. The van der Waals surface area contributed by atoms with Gasteiger partial charge in [-0.3, -0.25) is 9.48 Å². The summed E-state index contributed by atoms with van der Waals surface area (Å²) in [6.07, 6.45) is 4.08. The summed E-state index contributed by atoms with van der Waals surface area (Å²) in [6.45, 7) is 1.47. The zero-order valence-electron chi connectivity index (χ0n) is 13.8. The van der Waals surface area contributed by atoms with Crippen molar-refractivity contribution in [3.63, 3.8) is 0 Å². The number of benzene rings is 1. The molecular weight excluding hydrogens is 469 g/mol. The molecule has 1 amide bonds. The van der Waals surface area contributed by atoms with Gasteiger partial charge < -0.3 is 14.5 Å². The van der Waals surface area contributed by atoms with Gasteiger partial charge in [0.15, 0.2) is 5.76 Å². The van der Waals surface area contributed by atoms with Gasteiger partial charge in [-0.05, 0) is 65.4 Å². The monoisotopic (exact) mass is 485 g/mol. The molecule has 8 heteroatoms. The first-order valence-electron chi connectivity index (χ1n) is 8.03. The SMILES string of the molecule is O=C(NCCCn1cc(Cl)cn1)c1ccc(COc2ccc(I)cc2)o1. The number of furan rings is 1. The minimum absolute atomic E-state index is 0.246. The van der Waals surface area contributed by atoms with Gasteiger partial charge in [-0.2, -0.15) is 5.10 Å². The second-order valence-corrected chi connectivity index (χ2v) is 7.22. The Morgan fingerprint density at radius 1 is 1.27 bits per heavy atom. The first kappa shape index (κ1) is 18.8. The van der Waals surface area contributed by atoms with Gasteiger partial charge in [0, 0.05) is 22.9 Å². The maximum Gasteiger partial charge on any atom is 0.286 e. The van der Waals surface area contributed by atoms with Gasteiger partial charge >= 0.3 is 0 Å². The molecule has 3 aromatic rings. The summed E-state index contributed by atoms with van der Waals surface area (Å²) in [5.41, 5.74) is 0. The first-order valence-corrected chi connectivity index (χ1v) is 9.49. The number of hydrogen-bond acceptors (Lipinski definition) is 4. The Morgan fingerprint density at radius 2 is 2.08 bits per heavy atom. The molecule has 0 saturated heterocycles. The van der Waals surface area contributed by atoms with E-state index in [4.69, 9.17) is 20.8 Å². The summed E-state index contributed by atoms with van der Waals surface area (Å²) in [4.78, 5) is 12.1. The molecular formula is C18H17ClIN3O3. The molecule has 0 fully saturated rings. The highest BCUT2D eigenvalue weighted by Gasteiger charge is 2.11. The van der Waals surface area contributed by atoms with Crippen LogP contribution in [-0.2, 0) is 13.2 Å². The molecule has 0 aliphatic carbocycles. The summed E-state index contributed by atoms with van der Waals surface area (Å²) >= 11 is 8.04. The average Bonchev–Trinajstić information content (AvgIpc) is 3.27. The first-order chi connectivity index (χ1) is 12.6. The van der Waals surface area contributed by atoms with Gasteiger partial charge in [-0.15, -0.1) is 0 Å². The van der Waals surface area contributed by atoms with Crippen LogP contribution in [-0.4, -0.2) is 22.2 Å². The highest BCUT2D eigenvalue weighted by molar-refractivity contribution is 14.1. The molecule has 0 aliphatic heterocycles. The molecule has 1 N–H and O–H groups in total. The molecule has 2 aromatic heterocycles. The van der Waals surface area contributed by atoms with Crippen LogP contribution in [0.25, 0.3) is 0 Å². The molecule has 2 heterocycles. The number of ether oxygens (including phenoxy) is 1. The van der Waals surface area contributed by atoms with Crippen LogP contribution in [0.3, 0.4) is 0 Å². The largest absolute Gasteiger partial charge is 0.486 e. The van der Waals surface area contributed by atoms with Crippen LogP contribution in [0.5, 0.6) is 5.75 Å². The number of carbonyl (C=O) groups excluding carboxylic acids is 1. The summed E-state index contributed by atoms with van der Waals surface area (Å²) in [6, 6.07) is 11.1. The molecule has 3 rings (SSSR count). The van der Waals surface area contributed by atoms with Crippen LogP contribution in [0.1, 0.15) is 22.7 Å². The van der Waals surface area contributed by atoms with E-state index in [1.54, 1.807) is 29.2 Å². The Bertz CT molecular complexity index is 861. The van der Waals surface area contributed by atoms with Crippen LogP contribution in [0.15, 0.2) is 53.2 Å². The van der Waals surface area contributed by atoms with Crippen molar-refractivity contribution < 1.29 is 13.9 Å². The van der Waals surface area contributed by atoms with Crippen molar-refractivity contribution >= 4 is 40.1 Å².